The van der Waals surface area contributed by atoms with Crippen molar-refractivity contribution < 1.29 is 14.3 Å². The number of aliphatic imine (C=N–C) groups is 1. The van der Waals surface area contributed by atoms with Gasteiger partial charge in [-0.05, 0) is 43.7 Å². The summed E-state index contributed by atoms with van der Waals surface area (Å²) in [6.07, 6.45) is 5.01. The minimum absolute atomic E-state index is 0.176. The summed E-state index contributed by atoms with van der Waals surface area (Å²) in [7, 11) is 1.81. The van der Waals surface area contributed by atoms with Gasteiger partial charge in [0.05, 0.1) is 32.1 Å². The zero-order chi connectivity index (χ0) is 23.0. The molecule has 9 heteroatoms. The van der Waals surface area contributed by atoms with Gasteiger partial charge < -0.3 is 25.5 Å². The van der Waals surface area contributed by atoms with Gasteiger partial charge in [-0.3, -0.25) is 9.48 Å². The second kappa shape index (κ2) is 10.6. The zero-order valence-electron chi connectivity index (χ0n) is 18.6. The van der Waals surface area contributed by atoms with Crippen LogP contribution in [0.4, 0.5) is 0 Å². The lowest BCUT2D eigenvalue weighted by molar-refractivity contribution is 0.0616. The van der Waals surface area contributed by atoms with Gasteiger partial charge in [0.2, 0.25) is 0 Å². The Balaban J connectivity index is 1.60. The summed E-state index contributed by atoms with van der Waals surface area (Å²) in [4.78, 5) is 17.0. The summed E-state index contributed by atoms with van der Waals surface area (Å²) < 4.78 is 6.89. The van der Waals surface area contributed by atoms with Crippen LogP contribution in [0.25, 0.3) is 0 Å². The molecule has 170 valence electrons. The number of rotatable bonds is 9. The smallest absolute Gasteiger partial charge is 0.251 e. The molecule has 1 unspecified atom stereocenters. The fourth-order valence-corrected chi connectivity index (χ4v) is 3.06. The first kappa shape index (κ1) is 23.1. The Morgan fingerprint density at radius 2 is 2.09 bits per heavy atom. The molecule has 0 aliphatic heterocycles. The number of guanidine groups is 1. The van der Waals surface area contributed by atoms with E-state index < -0.39 is 5.60 Å². The molecular formula is C23H30N6O3. The number of nitrogens with one attached hydrogen (secondary N) is 3. The van der Waals surface area contributed by atoms with Crippen molar-refractivity contribution in [1.82, 2.24) is 25.7 Å². The third kappa shape index (κ3) is 6.45. The lowest BCUT2D eigenvalue weighted by Crippen LogP contribution is -2.44. The van der Waals surface area contributed by atoms with E-state index in [0.29, 0.717) is 36.9 Å². The molecule has 0 aliphatic rings. The molecule has 3 aromatic rings. The summed E-state index contributed by atoms with van der Waals surface area (Å²) in [5.74, 6) is 1.09. The van der Waals surface area contributed by atoms with Gasteiger partial charge in [0.25, 0.3) is 5.91 Å². The van der Waals surface area contributed by atoms with Gasteiger partial charge in [0.15, 0.2) is 5.96 Å². The summed E-state index contributed by atoms with van der Waals surface area (Å²) in [5, 5.41) is 24.1. The second-order valence-corrected chi connectivity index (χ2v) is 7.69. The fourth-order valence-electron chi connectivity index (χ4n) is 3.06. The molecule has 2 heterocycles. The van der Waals surface area contributed by atoms with E-state index in [4.69, 9.17) is 4.42 Å². The molecule has 0 spiro atoms. The Bertz CT molecular complexity index is 1040. The molecule has 1 amide bonds. The molecule has 0 saturated heterocycles. The van der Waals surface area contributed by atoms with Crippen molar-refractivity contribution in [2.75, 3.05) is 13.1 Å². The summed E-state index contributed by atoms with van der Waals surface area (Å²) in [6, 6.07) is 10.9. The van der Waals surface area contributed by atoms with Crippen LogP contribution >= 0.6 is 0 Å². The predicted octanol–water partition coefficient (Wildman–Crippen LogP) is 1.91. The van der Waals surface area contributed by atoms with Crippen LogP contribution in [0.2, 0.25) is 0 Å². The number of hydrogen-bond donors (Lipinski definition) is 4. The largest absolute Gasteiger partial charge is 0.467 e. The highest BCUT2D eigenvalue weighted by molar-refractivity contribution is 5.94. The first-order valence-electron chi connectivity index (χ1n) is 10.5. The molecule has 3 rings (SSSR count). The molecule has 0 bridgehead atoms. The molecule has 9 nitrogen and oxygen atoms in total. The molecule has 4 N–H and O–H groups in total. The molecule has 32 heavy (non-hydrogen) atoms. The molecular weight excluding hydrogens is 408 g/mol. The van der Waals surface area contributed by atoms with Gasteiger partial charge in [0, 0.05) is 30.9 Å². The van der Waals surface area contributed by atoms with Crippen molar-refractivity contribution in [1.29, 1.82) is 0 Å². The van der Waals surface area contributed by atoms with Crippen LogP contribution in [0.1, 0.15) is 41.1 Å². The normalized spacial score (nSPS) is 13.4. The standard InChI is InChI=1S/C23H30N6O3/c1-4-24-22(27-16-23(2,31)19-13-28-29(3)15-19)26-12-17-7-5-8-18(11-17)21(30)25-14-20-9-6-10-32-20/h5-11,13,15,31H,4,12,14,16H2,1-3H3,(H,25,30)(H2,24,26,27). The lowest BCUT2D eigenvalue weighted by atomic mass is 10.00. The number of carbonyl (C=O) groups is 1. The maximum absolute atomic E-state index is 12.4. The van der Waals surface area contributed by atoms with Gasteiger partial charge in [0.1, 0.15) is 11.4 Å². The Kier molecular flexibility index (Phi) is 7.67. The van der Waals surface area contributed by atoms with E-state index in [1.165, 1.54) is 0 Å². The van der Waals surface area contributed by atoms with Crippen LogP contribution < -0.4 is 16.0 Å². The van der Waals surface area contributed by atoms with Crippen molar-refractivity contribution >= 4 is 11.9 Å². The number of hydrogen-bond acceptors (Lipinski definition) is 5. The van der Waals surface area contributed by atoms with Crippen molar-refractivity contribution in [2.24, 2.45) is 12.0 Å². The molecule has 0 fully saturated rings. The van der Waals surface area contributed by atoms with E-state index in [9.17, 15) is 9.90 Å². The molecule has 0 saturated carbocycles. The number of aryl methyl sites for hydroxylation is 1. The van der Waals surface area contributed by atoms with E-state index in [2.05, 4.69) is 26.0 Å². The monoisotopic (exact) mass is 438 g/mol. The first-order chi connectivity index (χ1) is 15.4. The Labute approximate surface area is 187 Å². The van der Waals surface area contributed by atoms with Crippen molar-refractivity contribution in [3.63, 3.8) is 0 Å². The highest BCUT2D eigenvalue weighted by Gasteiger charge is 2.25. The maximum atomic E-state index is 12.4. The van der Waals surface area contributed by atoms with Gasteiger partial charge in [-0.15, -0.1) is 0 Å². The van der Waals surface area contributed by atoms with Gasteiger partial charge in [-0.1, -0.05) is 12.1 Å². The van der Waals surface area contributed by atoms with Crippen LogP contribution in [0.15, 0.2) is 64.5 Å². The van der Waals surface area contributed by atoms with E-state index in [0.717, 1.165) is 11.1 Å². The summed E-state index contributed by atoms with van der Waals surface area (Å²) in [5.41, 5.74) is 1.07. The Morgan fingerprint density at radius 3 is 2.78 bits per heavy atom. The van der Waals surface area contributed by atoms with Gasteiger partial charge in [-0.2, -0.15) is 5.10 Å². The first-order valence-corrected chi connectivity index (χ1v) is 10.5. The molecule has 2 aromatic heterocycles. The maximum Gasteiger partial charge on any atom is 0.251 e. The van der Waals surface area contributed by atoms with Gasteiger partial charge >= 0.3 is 0 Å². The Hall–Kier alpha value is -3.59. The number of amides is 1. The highest BCUT2D eigenvalue weighted by Crippen LogP contribution is 2.18. The Morgan fingerprint density at radius 1 is 1.25 bits per heavy atom. The van der Waals surface area contributed by atoms with Crippen molar-refractivity contribution in [3.05, 3.63) is 77.5 Å². The summed E-state index contributed by atoms with van der Waals surface area (Å²) in [6.45, 7) is 5.35. The quantitative estimate of drug-likeness (QED) is 0.300. The van der Waals surface area contributed by atoms with E-state index >= 15 is 0 Å². The van der Waals surface area contributed by atoms with E-state index in [-0.39, 0.29) is 12.5 Å². The predicted molar refractivity (Wildman–Crippen MR) is 122 cm³/mol. The van der Waals surface area contributed by atoms with Crippen LogP contribution in [-0.4, -0.2) is 39.8 Å². The second-order valence-electron chi connectivity index (χ2n) is 7.69. The average molecular weight is 439 g/mol. The average Bonchev–Trinajstić information content (AvgIpc) is 3.46. The third-order valence-corrected chi connectivity index (χ3v) is 4.88. The molecule has 0 radical (unpaired) electrons. The van der Waals surface area contributed by atoms with Crippen LogP contribution in [-0.2, 0) is 25.7 Å². The molecule has 1 atom stereocenters. The number of nitrogens with zero attached hydrogens (tertiary/aromatic N) is 3. The minimum atomic E-state index is -1.10. The number of benzene rings is 1. The SMILES string of the molecule is CCNC(=NCc1cccc(C(=O)NCc2ccco2)c1)NCC(C)(O)c1cnn(C)c1. The molecule has 1 aromatic carbocycles. The zero-order valence-corrected chi connectivity index (χ0v) is 18.6. The fraction of sp³-hybridized carbons (Fsp3) is 0.348. The highest BCUT2D eigenvalue weighted by atomic mass is 16.3. The minimum Gasteiger partial charge on any atom is -0.467 e. The number of aromatic nitrogens is 2. The van der Waals surface area contributed by atoms with Crippen LogP contribution in [0.5, 0.6) is 0 Å². The molecule has 0 aliphatic carbocycles. The number of aliphatic hydroxyl groups is 1. The summed E-state index contributed by atoms with van der Waals surface area (Å²) >= 11 is 0. The number of carbonyl (C=O) groups excluding carboxylic acids is 1. The topological polar surface area (TPSA) is 117 Å². The van der Waals surface area contributed by atoms with Crippen LogP contribution in [0.3, 0.4) is 0 Å². The van der Waals surface area contributed by atoms with E-state index in [1.54, 1.807) is 42.4 Å². The van der Waals surface area contributed by atoms with Crippen LogP contribution in [0, 0.1) is 0 Å². The van der Waals surface area contributed by atoms with Gasteiger partial charge in [-0.25, -0.2) is 4.99 Å². The van der Waals surface area contributed by atoms with Crippen molar-refractivity contribution in [3.8, 4) is 0 Å². The third-order valence-electron chi connectivity index (χ3n) is 4.88. The lowest BCUT2D eigenvalue weighted by Gasteiger charge is -2.23. The van der Waals surface area contributed by atoms with Crippen molar-refractivity contribution in [2.45, 2.75) is 32.5 Å². The number of furan rings is 1. The van der Waals surface area contributed by atoms with E-state index in [1.807, 2.05) is 38.2 Å².